The van der Waals surface area contributed by atoms with Crippen LogP contribution in [-0.2, 0) is 16.0 Å². The Kier molecular flexibility index (Phi) is 4.79. The number of nitrogens with zero attached hydrogens (tertiary/aromatic N) is 2. The van der Waals surface area contributed by atoms with Gasteiger partial charge in [0.15, 0.2) is 11.5 Å². The van der Waals surface area contributed by atoms with Crippen LogP contribution < -0.4 is 9.47 Å². The van der Waals surface area contributed by atoms with Crippen molar-refractivity contribution in [2.24, 2.45) is 0 Å². The average molecular weight is 372 g/mol. The second-order valence-electron chi connectivity index (χ2n) is 6.33. The monoisotopic (exact) mass is 372 g/mol. The van der Waals surface area contributed by atoms with E-state index in [2.05, 4.69) is 0 Å². The van der Waals surface area contributed by atoms with Gasteiger partial charge in [-0.05, 0) is 23.6 Å². The lowest BCUT2D eigenvalue weighted by molar-refractivity contribution is -0.146. The van der Waals surface area contributed by atoms with Gasteiger partial charge in [-0.3, -0.25) is 9.59 Å². The third kappa shape index (κ3) is 3.53. The van der Waals surface area contributed by atoms with Crippen LogP contribution in [0, 0.1) is 0 Å². The van der Waals surface area contributed by atoms with Gasteiger partial charge < -0.3 is 19.3 Å². The molecule has 0 aliphatic carbocycles. The van der Waals surface area contributed by atoms with E-state index in [1.807, 2.05) is 40.6 Å². The number of para-hydroxylation sites is 2. The molecule has 1 fully saturated rings. The van der Waals surface area contributed by atoms with Crippen molar-refractivity contribution in [3.05, 3.63) is 46.7 Å². The van der Waals surface area contributed by atoms with Crippen LogP contribution in [0.15, 0.2) is 41.8 Å². The number of ether oxygens (including phenoxy) is 2. The van der Waals surface area contributed by atoms with Crippen molar-refractivity contribution in [2.75, 3.05) is 32.8 Å². The molecule has 136 valence electrons. The highest BCUT2D eigenvalue weighted by Crippen LogP contribution is 2.31. The van der Waals surface area contributed by atoms with Crippen molar-refractivity contribution in [2.45, 2.75) is 12.5 Å². The first-order chi connectivity index (χ1) is 12.7. The Hall–Kier alpha value is -2.54. The number of hydrogen-bond acceptors (Lipinski definition) is 5. The normalized spacial score (nSPS) is 19.3. The minimum absolute atomic E-state index is 0.0788. The first-order valence-corrected chi connectivity index (χ1v) is 9.56. The van der Waals surface area contributed by atoms with Crippen molar-refractivity contribution in [3.63, 3.8) is 0 Å². The van der Waals surface area contributed by atoms with Gasteiger partial charge >= 0.3 is 0 Å². The van der Waals surface area contributed by atoms with Gasteiger partial charge in [-0.1, -0.05) is 18.2 Å². The van der Waals surface area contributed by atoms with E-state index in [0.717, 1.165) is 4.88 Å². The fourth-order valence-corrected chi connectivity index (χ4v) is 3.89. The highest BCUT2D eigenvalue weighted by Gasteiger charge is 2.33. The van der Waals surface area contributed by atoms with Crippen molar-refractivity contribution < 1.29 is 19.1 Å². The number of fused-ring (bicyclic) bond motifs is 1. The molecule has 0 bridgehead atoms. The molecule has 2 aliphatic heterocycles. The number of piperazine rings is 1. The fourth-order valence-electron chi connectivity index (χ4n) is 3.20. The van der Waals surface area contributed by atoms with Gasteiger partial charge in [0.05, 0.1) is 6.42 Å². The van der Waals surface area contributed by atoms with Gasteiger partial charge in [0.1, 0.15) is 6.61 Å². The maximum absolute atomic E-state index is 12.7. The smallest absolute Gasteiger partial charge is 0.267 e. The van der Waals surface area contributed by atoms with Gasteiger partial charge in [0, 0.05) is 31.1 Å². The molecule has 0 N–H and O–H groups in total. The quantitative estimate of drug-likeness (QED) is 0.824. The zero-order valence-corrected chi connectivity index (χ0v) is 15.1. The van der Waals surface area contributed by atoms with Crippen LogP contribution in [0.1, 0.15) is 4.88 Å². The number of benzene rings is 1. The van der Waals surface area contributed by atoms with Crippen LogP contribution in [0.25, 0.3) is 0 Å². The molecule has 0 radical (unpaired) electrons. The topological polar surface area (TPSA) is 59.1 Å². The maximum Gasteiger partial charge on any atom is 0.267 e. The molecular formula is C19H20N2O4S. The second-order valence-corrected chi connectivity index (χ2v) is 7.36. The SMILES string of the molecule is O=C(Cc1cccs1)N1CCN(C(=O)[C@H]2COc3ccccc3O2)CC1. The number of hydrogen-bond donors (Lipinski definition) is 0. The maximum atomic E-state index is 12.7. The number of thiophene rings is 1. The third-order valence-electron chi connectivity index (χ3n) is 4.63. The highest BCUT2D eigenvalue weighted by atomic mass is 32.1. The van der Waals surface area contributed by atoms with Crippen LogP contribution in [0.5, 0.6) is 11.5 Å². The highest BCUT2D eigenvalue weighted by molar-refractivity contribution is 7.10. The van der Waals surface area contributed by atoms with Gasteiger partial charge in [-0.2, -0.15) is 0 Å². The molecule has 2 aliphatic rings. The molecule has 1 aromatic carbocycles. The van der Waals surface area contributed by atoms with Gasteiger partial charge in [0.25, 0.3) is 5.91 Å². The summed E-state index contributed by atoms with van der Waals surface area (Å²) in [6, 6.07) is 11.3. The van der Waals surface area contributed by atoms with E-state index in [0.29, 0.717) is 44.1 Å². The Morgan fingerprint density at radius 3 is 2.46 bits per heavy atom. The van der Waals surface area contributed by atoms with Crippen molar-refractivity contribution in [1.29, 1.82) is 0 Å². The molecule has 7 heteroatoms. The summed E-state index contributed by atoms with van der Waals surface area (Å²) in [6.07, 6.45) is -0.194. The lowest BCUT2D eigenvalue weighted by Crippen LogP contribution is -2.55. The summed E-state index contributed by atoms with van der Waals surface area (Å²) in [5.41, 5.74) is 0. The van der Waals surface area contributed by atoms with Crippen molar-refractivity contribution in [3.8, 4) is 11.5 Å². The summed E-state index contributed by atoms with van der Waals surface area (Å²) < 4.78 is 11.4. The Morgan fingerprint density at radius 2 is 1.73 bits per heavy atom. The third-order valence-corrected chi connectivity index (χ3v) is 5.51. The van der Waals surface area contributed by atoms with Gasteiger partial charge in [0.2, 0.25) is 12.0 Å². The van der Waals surface area contributed by atoms with Crippen molar-refractivity contribution in [1.82, 2.24) is 9.80 Å². The van der Waals surface area contributed by atoms with E-state index in [1.165, 1.54) is 0 Å². The molecular weight excluding hydrogens is 352 g/mol. The molecule has 3 heterocycles. The Balaban J connectivity index is 1.30. The summed E-state index contributed by atoms with van der Waals surface area (Å²) in [5.74, 6) is 1.30. The zero-order chi connectivity index (χ0) is 17.9. The number of rotatable bonds is 3. The first kappa shape index (κ1) is 16.9. The number of carbonyl (C=O) groups is 2. The molecule has 1 aromatic heterocycles. The minimum Gasteiger partial charge on any atom is -0.485 e. The van der Waals surface area contributed by atoms with E-state index < -0.39 is 6.10 Å². The van der Waals surface area contributed by atoms with Crippen LogP contribution in [0.4, 0.5) is 0 Å². The number of carbonyl (C=O) groups excluding carboxylic acids is 2. The Labute approximate surface area is 155 Å². The molecule has 0 spiro atoms. The lowest BCUT2D eigenvalue weighted by atomic mass is 10.2. The van der Waals surface area contributed by atoms with Gasteiger partial charge in [-0.25, -0.2) is 0 Å². The largest absolute Gasteiger partial charge is 0.485 e. The van der Waals surface area contributed by atoms with E-state index in [-0.39, 0.29) is 18.4 Å². The molecule has 2 amide bonds. The predicted molar refractivity (Wildman–Crippen MR) is 97.5 cm³/mol. The Bertz CT molecular complexity index is 785. The van der Waals surface area contributed by atoms with E-state index >= 15 is 0 Å². The van der Waals surface area contributed by atoms with Crippen LogP contribution in [-0.4, -0.2) is 60.5 Å². The van der Waals surface area contributed by atoms with E-state index in [4.69, 9.17) is 9.47 Å². The summed E-state index contributed by atoms with van der Waals surface area (Å²) in [4.78, 5) is 29.7. The van der Waals surface area contributed by atoms with Crippen molar-refractivity contribution >= 4 is 23.2 Å². The summed E-state index contributed by atoms with van der Waals surface area (Å²) in [7, 11) is 0. The molecule has 2 aromatic rings. The summed E-state index contributed by atoms with van der Waals surface area (Å²) in [5, 5.41) is 1.98. The fraction of sp³-hybridized carbons (Fsp3) is 0.368. The molecule has 4 rings (SSSR count). The zero-order valence-electron chi connectivity index (χ0n) is 14.3. The first-order valence-electron chi connectivity index (χ1n) is 8.68. The second kappa shape index (κ2) is 7.37. The molecule has 1 atom stereocenters. The van der Waals surface area contributed by atoms with Gasteiger partial charge in [-0.15, -0.1) is 11.3 Å². The molecule has 6 nitrogen and oxygen atoms in total. The molecule has 0 saturated carbocycles. The number of amides is 2. The van der Waals surface area contributed by atoms with Crippen LogP contribution in [0.3, 0.4) is 0 Å². The summed E-state index contributed by atoms with van der Waals surface area (Å²) >= 11 is 1.59. The average Bonchev–Trinajstić information content (AvgIpc) is 3.20. The standard InChI is InChI=1S/C19H20N2O4S/c22-18(12-14-4-3-11-26-14)20-7-9-21(10-8-20)19(23)17-13-24-15-5-1-2-6-16(15)25-17/h1-6,11,17H,7-10,12-13H2/t17-/m1/s1. The predicted octanol–water partition coefficient (Wildman–Crippen LogP) is 1.80. The summed E-state index contributed by atoms with van der Waals surface area (Å²) in [6.45, 7) is 2.38. The van der Waals surface area contributed by atoms with E-state index in [1.54, 1.807) is 22.3 Å². The molecule has 26 heavy (non-hydrogen) atoms. The Morgan fingerprint density at radius 1 is 1.00 bits per heavy atom. The van der Waals surface area contributed by atoms with Crippen LogP contribution in [0.2, 0.25) is 0 Å². The lowest BCUT2D eigenvalue weighted by Gasteiger charge is -2.37. The molecule has 0 unspecified atom stereocenters. The van der Waals surface area contributed by atoms with E-state index in [9.17, 15) is 9.59 Å². The molecule has 1 saturated heterocycles. The van der Waals surface area contributed by atoms with Crippen LogP contribution >= 0.6 is 11.3 Å². The minimum atomic E-state index is -0.627.